The van der Waals surface area contributed by atoms with Crippen molar-refractivity contribution in [1.29, 1.82) is 0 Å². The molecule has 2 aromatic rings. The Morgan fingerprint density at radius 3 is 2.75 bits per heavy atom. The second-order valence-corrected chi connectivity index (χ2v) is 5.00. The molecule has 0 atom stereocenters. The van der Waals surface area contributed by atoms with E-state index in [1.165, 1.54) is 25.7 Å². The number of aromatic amines is 1. The molecule has 0 radical (unpaired) electrons. The van der Waals surface area contributed by atoms with Gasteiger partial charge in [-0.05, 0) is 31.9 Å². The lowest BCUT2D eigenvalue weighted by Gasteiger charge is -2.24. The van der Waals surface area contributed by atoms with Gasteiger partial charge in [0.2, 0.25) is 5.95 Å². The summed E-state index contributed by atoms with van der Waals surface area (Å²) in [6.07, 6.45) is 5.13. The molecule has 0 saturated heterocycles. The van der Waals surface area contributed by atoms with E-state index in [9.17, 15) is 0 Å². The lowest BCUT2D eigenvalue weighted by atomic mass is 10.0. The normalized spacial score (nSPS) is 19.1. The van der Waals surface area contributed by atoms with Crippen LogP contribution in [0.15, 0.2) is 24.3 Å². The van der Waals surface area contributed by atoms with E-state index >= 15 is 0 Å². The molecule has 16 heavy (non-hydrogen) atoms. The van der Waals surface area contributed by atoms with Crippen LogP contribution in [0.4, 0.5) is 5.95 Å². The Balaban J connectivity index is 1.89. The third-order valence-electron chi connectivity index (χ3n) is 3.52. The lowest BCUT2D eigenvalue weighted by molar-refractivity contribution is 0.529. The summed E-state index contributed by atoms with van der Waals surface area (Å²) in [5.74, 6) is 0.908. The highest BCUT2D eigenvalue weighted by Crippen LogP contribution is 2.32. The van der Waals surface area contributed by atoms with Gasteiger partial charge in [-0.25, -0.2) is 4.98 Å². The minimum absolute atomic E-state index is 0.230. The molecule has 1 aromatic heterocycles. The van der Waals surface area contributed by atoms with Gasteiger partial charge in [0.05, 0.1) is 11.0 Å². The maximum absolute atomic E-state index is 4.55. The fraction of sp³-hybridized carbons (Fsp3) is 0.462. The zero-order valence-electron chi connectivity index (χ0n) is 9.59. The first-order chi connectivity index (χ1) is 7.75. The zero-order valence-corrected chi connectivity index (χ0v) is 9.59. The zero-order chi connectivity index (χ0) is 11.0. The van der Waals surface area contributed by atoms with Crippen LogP contribution >= 0.6 is 0 Å². The van der Waals surface area contributed by atoms with Crippen LogP contribution in [-0.2, 0) is 0 Å². The maximum Gasteiger partial charge on any atom is 0.201 e. The number of nitrogens with zero attached hydrogens (tertiary/aromatic N) is 1. The molecule has 1 saturated carbocycles. The highest BCUT2D eigenvalue weighted by molar-refractivity contribution is 5.77. The Labute approximate surface area is 95.3 Å². The fourth-order valence-electron chi connectivity index (χ4n) is 2.58. The molecule has 84 valence electrons. The van der Waals surface area contributed by atoms with Crippen LogP contribution in [0.1, 0.15) is 32.6 Å². The van der Waals surface area contributed by atoms with E-state index in [4.69, 9.17) is 0 Å². The van der Waals surface area contributed by atoms with Crippen LogP contribution in [0.3, 0.4) is 0 Å². The van der Waals surface area contributed by atoms with Crippen LogP contribution in [-0.4, -0.2) is 15.5 Å². The van der Waals surface area contributed by atoms with Gasteiger partial charge in [-0.1, -0.05) is 25.0 Å². The second-order valence-electron chi connectivity index (χ2n) is 5.00. The molecule has 1 heterocycles. The number of para-hydroxylation sites is 2. The summed E-state index contributed by atoms with van der Waals surface area (Å²) in [5.41, 5.74) is 2.37. The molecule has 1 aliphatic rings. The highest BCUT2D eigenvalue weighted by Gasteiger charge is 2.29. The van der Waals surface area contributed by atoms with Crippen molar-refractivity contribution >= 4 is 17.0 Å². The van der Waals surface area contributed by atoms with Gasteiger partial charge in [-0.3, -0.25) is 0 Å². The number of aromatic nitrogens is 2. The largest absolute Gasteiger partial charge is 0.351 e. The van der Waals surface area contributed by atoms with E-state index < -0.39 is 0 Å². The van der Waals surface area contributed by atoms with Gasteiger partial charge in [0.15, 0.2) is 0 Å². The highest BCUT2D eigenvalue weighted by atomic mass is 15.2. The average Bonchev–Trinajstić information content (AvgIpc) is 2.84. The number of nitrogens with one attached hydrogen (secondary N) is 2. The van der Waals surface area contributed by atoms with E-state index in [1.54, 1.807) is 0 Å². The molecule has 0 unspecified atom stereocenters. The number of anilines is 1. The van der Waals surface area contributed by atoms with E-state index in [-0.39, 0.29) is 5.54 Å². The van der Waals surface area contributed by atoms with Crippen LogP contribution in [0.2, 0.25) is 0 Å². The minimum atomic E-state index is 0.230. The predicted molar refractivity (Wildman–Crippen MR) is 66.6 cm³/mol. The van der Waals surface area contributed by atoms with Crippen molar-refractivity contribution in [3.05, 3.63) is 24.3 Å². The Hall–Kier alpha value is -1.51. The number of fused-ring (bicyclic) bond motifs is 1. The standard InChI is InChI=1S/C13H17N3/c1-13(8-4-5-9-13)16-12-14-10-6-2-3-7-11(10)15-12/h2-3,6-7H,4-5,8-9H2,1H3,(H2,14,15,16). The smallest absolute Gasteiger partial charge is 0.201 e. The number of benzene rings is 1. The van der Waals surface area contributed by atoms with Crippen LogP contribution < -0.4 is 5.32 Å². The van der Waals surface area contributed by atoms with E-state index in [0.717, 1.165) is 17.0 Å². The molecule has 1 aliphatic carbocycles. The maximum atomic E-state index is 4.55. The SMILES string of the molecule is CC1(Nc2nc3ccccc3[nH]2)CCCC1. The molecule has 1 aromatic carbocycles. The molecule has 0 aliphatic heterocycles. The molecular weight excluding hydrogens is 198 g/mol. The first-order valence-electron chi connectivity index (χ1n) is 5.98. The van der Waals surface area contributed by atoms with Crippen molar-refractivity contribution in [2.24, 2.45) is 0 Å². The van der Waals surface area contributed by atoms with E-state index in [1.807, 2.05) is 18.2 Å². The monoisotopic (exact) mass is 215 g/mol. The Morgan fingerprint density at radius 1 is 1.25 bits per heavy atom. The van der Waals surface area contributed by atoms with Gasteiger partial charge in [-0.15, -0.1) is 0 Å². The van der Waals surface area contributed by atoms with Gasteiger partial charge in [-0.2, -0.15) is 0 Å². The van der Waals surface area contributed by atoms with Gasteiger partial charge in [0.1, 0.15) is 0 Å². The molecule has 3 rings (SSSR count). The minimum Gasteiger partial charge on any atom is -0.351 e. The van der Waals surface area contributed by atoms with Crippen molar-refractivity contribution < 1.29 is 0 Å². The van der Waals surface area contributed by atoms with Gasteiger partial charge in [0.25, 0.3) is 0 Å². The van der Waals surface area contributed by atoms with Crippen LogP contribution in [0, 0.1) is 0 Å². The molecule has 3 heteroatoms. The average molecular weight is 215 g/mol. The topological polar surface area (TPSA) is 40.7 Å². The molecule has 2 N–H and O–H groups in total. The van der Waals surface area contributed by atoms with Crippen molar-refractivity contribution in [2.45, 2.75) is 38.1 Å². The molecule has 0 spiro atoms. The Bertz CT molecular complexity index is 462. The Morgan fingerprint density at radius 2 is 2.00 bits per heavy atom. The summed E-state index contributed by atoms with van der Waals surface area (Å²) in [4.78, 5) is 7.88. The quantitative estimate of drug-likeness (QED) is 0.807. The summed E-state index contributed by atoms with van der Waals surface area (Å²) in [5, 5.41) is 3.54. The summed E-state index contributed by atoms with van der Waals surface area (Å²) in [6, 6.07) is 8.14. The number of imidazole rings is 1. The van der Waals surface area contributed by atoms with Gasteiger partial charge in [0, 0.05) is 5.54 Å². The van der Waals surface area contributed by atoms with Crippen molar-refractivity contribution in [2.75, 3.05) is 5.32 Å². The summed E-state index contributed by atoms with van der Waals surface area (Å²) in [6.45, 7) is 2.28. The van der Waals surface area contributed by atoms with Crippen molar-refractivity contribution in [3.8, 4) is 0 Å². The predicted octanol–water partition coefficient (Wildman–Crippen LogP) is 3.31. The summed E-state index contributed by atoms with van der Waals surface area (Å²) < 4.78 is 0. The molecule has 0 bridgehead atoms. The van der Waals surface area contributed by atoms with E-state index in [2.05, 4.69) is 28.3 Å². The molecule has 0 amide bonds. The van der Waals surface area contributed by atoms with Gasteiger partial charge < -0.3 is 10.3 Å². The van der Waals surface area contributed by atoms with Crippen molar-refractivity contribution in [3.63, 3.8) is 0 Å². The van der Waals surface area contributed by atoms with Crippen LogP contribution in [0.25, 0.3) is 11.0 Å². The molecule has 3 nitrogen and oxygen atoms in total. The number of rotatable bonds is 2. The summed E-state index contributed by atoms with van der Waals surface area (Å²) in [7, 11) is 0. The van der Waals surface area contributed by atoms with Crippen LogP contribution in [0.5, 0.6) is 0 Å². The molecule has 1 fully saturated rings. The Kier molecular flexibility index (Phi) is 2.13. The third-order valence-corrected chi connectivity index (χ3v) is 3.52. The molecular formula is C13H17N3. The lowest BCUT2D eigenvalue weighted by Crippen LogP contribution is -2.31. The van der Waals surface area contributed by atoms with E-state index in [0.29, 0.717) is 0 Å². The third kappa shape index (κ3) is 1.66. The number of hydrogen-bond acceptors (Lipinski definition) is 2. The number of H-pyrrole nitrogens is 1. The summed E-state index contributed by atoms with van der Waals surface area (Å²) >= 11 is 0. The second kappa shape index (κ2) is 3.51. The number of hydrogen-bond donors (Lipinski definition) is 2. The first kappa shape index (κ1) is 9.70. The van der Waals surface area contributed by atoms with Gasteiger partial charge >= 0.3 is 0 Å². The fourth-order valence-corrected chi connectivity index (χ4v) is 2.58. The van der Waals surface area contributed by atoms with Crippen molar-refractivity contribution in [1.82, 2.24) is 9.97 Å². The first-order valence-corrected chi connectivity index (χ1v) is 5.98.